The molecule has 1 N–H and O–H groups in total. The summed E-state index contributed by atoms with van der Waals surface area (Å²) in [6.07, 6.45) is 1.24. The molecule has 0 bridgehead atoms. The molecule has 0 radical (unpaired) electrons. The second kappa shape index (κ2) is 7.19. The van der Waals surface area contributed by atoms with Gasteiger partial charge in [0.25, 0.3) is 0 Å². The molecule has 0 unspecified atom stereocenters. The van der Waals surface area contributed by atoms with Crippen LogP contribution in [-0.4, -0.2) is 64.9 Å². The summed E-state index contributed by atoms with van der Waals surface area (Å²) in [6, 6.07) is 6.53. The van der Waals surface area contributed by atoms with E-state index in [0.29, 0.717) is 23.6 Å². The summed E-state index contributed by atoms with van der Waals surface area (Å²) >= 11 is 1.64. The zero-order valence-electron chi connectivity index (χ0n) is 15.2. The van der Waals surface area contributed by atoms with Crippen molar-refractivity contribution in [1.82, 2.24) is 9.80 Å². The number of carbonyl (C=O) groups excluding carboxylic acids is 3. The second-order valence-corrected chi connectivity index (χ2v) is 8.24. The van der Waals surface area contributed by atoms with Crippen LogP contribution in [0.15, 0.2) is 24.3 Å². The Hall–Kier alpha value is -2.22. The Labute approximate surface area is 157 Å². The van der Waals surface area contributed by atoms with Gasteiger partial charge in [-0.25, -0.2) is 0 Å². The van der Waals surface area contributed by atoms with Gasteiger partial charge >= 0.3 is 0 Å². The van der Waals surface area contributed by atoms with Crippen LogP contribution in [0.3, 0.4) is 0 Å². The number of likely N-dealkylation sites (N-methyl/N-ethyl adjacent to an activating group) is 1. The molecule has 26 heavy (non-hydrogen) atoms. The Balaban J connectivity index is 1.60. The fraction of sp³-hybridized carbons (Fsp3) is 0.500. The molecule has 8 heteroatoms. The van der Waals surface area contributed by atoms with Gasteiger partial charge in [-0.2, -0.15) is 0 Å². The van der Waals surface area contributed by atoms with E-state index >= 15 is 0 Å². The second-order valence-electron chi connectivity index (χ2n) is 6.74. The highest BCUT2D eigenvalue weighted by atomic mass is 32.2. The van der Waals surface area contributed by atoms with Crippen molar-refractivity contribution in [2.24, 2.45) is 0 Å². The Morgan fingerprint density at radius 2 is 2.23 bits per heavy atom. The van der Waals surface area contributed by atoms with Gasteiger partial charge in [-0.3, -0.25) is 14.4 Å². The lowest BCUT2D eigenvalue weighted by atomic mass is 10.2. The SMILES string of the molecule is COc1cccc(NC(=O)CN(C)C(=O)[C@H]2CS[C@]3(C)CCC(=O)N23)c1. The maximum Gasteiger partial charge on any atom is 0.246 e. The number of ether oxygens (including phenoxy) is 1. The number of rotatable bonds is 5. The van der Waals surface area contributed by atoms with Crippen LogP contribution in [0.5, 0.6) is 5.75 Å². The van der Waals surface area contributed by atoms with Crippen LogP contribution in [0.4, 0.5) is 5.69 Å². The van der Waals surface area contributed by atoms with Gasteiger partial charge < -0.3 is 19.9 Å². The molecule has 1 aromatic carbocycles. The molecule has 2 fully saturated rings. The molecular weight excluding hydrogens is 354 g/mol. The number of anilines is 1. The highest BCUT2D eigenvalue weighted by Gasteiger charge is 2.53. The van der Waals surface area contributed by atoms with Crippen LogP contribution in [-0.2, 0) is 14.4 Å². The zero-order valence-corrected chi connectivity index (χ0v) is 16.0. The Morgan fingerprint density at radius 3 is 2.96 bits per heavy atom. The largest absolute Gasteiger partial charge is 0.497 e. The monoisotopic (exact) mass is 377 g/mol. The first-order valence-corrected chi connectivity index (χ1v) is 9.47. The van der Waals surface area contributed by atoms with Gasteiger partial charge in [0.05, 0.1) is 18.5 Å². The van der Waals surface area contributed by atoms with Crippen LogP contribution in [0, 0.1) is 0 Å². The van der Waals surface area contributed by atoms with Crippen LogP contribution in [0.25, 0.3) is 0 Å². The fourth-order valence-electron chi connectivity index (χ4n) is 3.45. The predicted molar refractivity (Wildman–Crippen MR) is 100.0 cm³/mol. The molecule has 3 amide bonds. The van der Waals surface area contributed by atoms with Gasteiger partial charge in [0.15, 0.2) is 0 Å². The molecule has 0 aliphatic carbocycles. The zero-order chi connectivity index (χ0) is 18.9. The summed E-state index contributed by atoms with van der Waals surface area (Å²) in [4.78, 5) is 40.0. The van der Waals surface area contributed by atoms with E-state index in [2.05, 4.69) is 5.32 Å². The number of methoxy groups -OCH3 is 1. The number of thioether (sulfide) groups is 1. The minimum Gasteiger partial charge on any atom is -0.497 e. The van der Waals surface area contributed by atoms with E-state index in [1.54, 1.807) is 55.1 Å². The lowest BCUT2D eigenvalue weighted by Crippen LogP contribution is -2.51. The molecule has 7 nitrogen and oxygen atoms in total. The van der Waals surface area contributed by atoms with Gasteiger partial charge in [0.1, 0.15) is 11.8 Å². The lowest BCUT2D eigenvalue weighted by Gasteiger charge is -2.31. The first-order chi connectivity index (χ1) is 12.3. The van der Waals surface area contributed by atoms with E-state index in [9.17, 15) is 14.4 Å². The van der Waals surface area contributed by atoms with Crippen LogP contribution < -0.4 is 10.1 Å². The van der Waals surface area contributed by atoms with Crippen molar-refractivity contribution in [3.63, 3.8) is 0 Å². The maximum absolute atomic E-state index is 12.8. The number of nitrogens with one attached hydrogen (secondary N) is 1. The summed E-state index contributed by atoms with van der Waals surface area (Å²) in [5.41, 5.74) is 0.605. The van der Waals surface area contributed by atoms with Crippen molar-refractivity contribution in [3.05, 3.63) is 24.3 Å². The van der Waals surface area contributed by atoms with Crippen molar-refractivity contribution in [1.29, 1.82) is 0 Å². The number of benzene rings is 1. The standard InChI is InChI=1S/C18H23N3O4S/c1-18-8-7-16(23)21(18)14(11-26-18)17(24)20(2)10-15(22)19-12-5-4-6-13(9-12)25-3/h4-6,9,14H,7-8,10-11H2,1-3H3,(H,19,22)/t14-,18-/m1/s1. The first kappa shape index (κ1) is 18.6. The number of hydrogen-bond acceptors (Lipinski definition) is 5. The maximum atomic E-state index is 12.8. The number of nitrogens with zero attached hydrogens (tertiary/aromatic N) is 2. The normalized spacial score (nSPS) is 24.3. The number of fused-ring (bicyclic) bond motifs is 1. The summed E-state index contributed by atoms with van der Waals surface area (Å²) in [7, 11) is 3.15. The first-order valence-electron chi connectivity index (χ1n) is 8.49. The fourth-order valence-corrected chi connectivity index (χ4v) is 4.88. The lowest BCUT2D eigenvalue weighted by molar-refractivity contribution is -0.143. The van der Waals surface area contributed by atoms with Gasteiger partial charge in [0.2, 0.25) is 17.7 Å². The van der Waals surface area contributed by atoms with Crippen molar-refractivity contribution in [2.45, 2.75) is 30.7 Å². The summed E-state index contributed by atoms with van der Waals surface area (Å²) < 4.78 is 5.13. The van der Waals surface area contributed by atoms with Gasteiger partial charge in [-0.1, -0.05) is 6.07 Å². The minimum atomic E-state index is -0.491. The molecule has 1 aromatic rings. The van der Waals surface area contributed by atoms with Crippen molar-refractivity contribution in [2.75, 3.05) is 31.8 Å². The van der Waals surface area contributed by atoms with Crippen molar-refractivity contribution in [3.8, 4) is 5.75 Å². The van der Waals surface area contributed by atoms with E-state index in [4.69, 9.17) is 4.74 Å². The molecule has 2 atom stereocenters. The molecule has 2 saturated heterocycles. The molecule has 0 saturated carbocycles. The summed E-state index contributed by atoms with van der Waals surface area (Å²) in [5, 5.41) is 2.76. The molecule has 140 valence electrons. The van der Waals surface area contributed by atoms with Gasteiger partial charge in [-0.15, -0.1) is 11.8 Å². The molecule has 2 aliphatic rings. The molecule has 0 aromatic heterocycles. The quantitative estimate of drug-likeness (QED) is 0.842. The van der Waals surface area contributed by atoms with E-state index in [0.717, 1.165) is 6.42 Å². The van der Waals surface area contributed by atoms with Crippen LogP contribution >= 0.6 is 11.8 Å². The number of amides is 3. The third-order valence-corrected chi connectivity index (χ3v) is 6.35. The third-order valence-electron chi connectivity index (χ3n) is 4.84. The minimum absolute atomic E-state index is 0.0186. The van der Waals surface area contributed by atoms with Crippen LogP contribution in [0.1, 0.15) is 19.8 Å². The highest BCUT2D eigenvalue weighted by Crippen LogP contribution is 2.47. The van der Waals surface area contributed by atoms with E-state index < -0.39 is 6.04 Å². The summed E-state index contributed by atoms with van der Waals surface area (Å²) in [5.74, 6) is 0.739. The highest BCUT2D eigenvalue weighted by molar-refractivity contribution is 8.01. The smallest absolute Gasteiger partial charge is 0.246 e. The molecular formula is C18H23N3O4S. The van der Waals surface area contributed by atoms with E-state index in [1.165, 1.54) is 4.90 Å². The van der Waals surface area contributed by atoms with Crippen LogP contribution in [0.2, 0.25) is 0 Å². The Morgan fingerprint density at radius 1 is 1.46 bits per heavy atom. The van der Waals surface area contributed by atoms with Gasteiger partial charge in [-0.05, 0) is 25.5 Å². The van der Waals surface area contributed by atoms with E-state index in [-0.39, 0.29) is 29.1 Å². The average Bonchev–Trinajstić information content (AvgIpc) is 3.10. The van der Waals surface area contributed by atoms with E-state index in [1.807, 2.05) is 6.92 Å². The Bertz CT molecular complexity index is 741. The molecule has 0 spiro atoms. The molecule has 2 aliphatic heterocycles. The number of carbonyl (C=O) groups is 3. The summed E-state index contributed by atoms with van der Waals surface area (Å²) in [6.45, 7) is 1.93. The van der Waals surface area contributed by atoms with Gasteiger partial charge in [0, 0.05) is 31.0 Å². The average molecular weight is 377 g/mol. The Kier molecular flexibility index (Phi) is 5.13. The topological polar surface area (TPSA) is 79.0 Å². The third kappa shape index (κ3) is 3.51. The number of hydrogen-bond donors (Lipinski definition) is 1. The van der Waals surface area contributed by atoms with Crippen molar-refractivity contribution < 1.29 is 19.1 Å². The molecule has 2 heterocycles. The molecule has 3 rings (SSSR count). The predicted octanol–water partition coefficient (Wildman–Crippen LogP) is 1.55. The van der Waals surface area contributed by atoms with Crippen molar-refractivity contribution >= 4 is 35.2 Å².